The van der Waals surface area contributed by atoms with Gasteiger partial charge in [0.25, 0.3) is 0 Å². The fourth-order valence-corrected chi connectivity index (χ4v) is 2.86. The Hall–Kier alpha value is -1.74. The number of amides is 2. The van der Waals surface area contributed by atoms with Crippen LogP contribution in [0.25, 0.3) is 0 Å². The average Bonchev–Trinajstić information content (AvgIpc) is 2.95. The molecule has 22 heavy (non-hydrogen) atoms. The highest BCUT2D eigenvalue weighted by atomic mass is 32.1. The maximum absolute atomic E-state index is 12.1. The summed E-state index contributed by atoms with van der Waals surface area (Å²) in [5.41, 5.74) is 0. The number of carboxylic acid groups (broad SMARTS) is 1. The molecular formula is C13H20N4O4S. The first-order chi connectivity index (χ1) is 10.6. The summed E-state index contributed by atoms with van der Waals surface area (Å²) in [6.07, 6.45) is 3.23. The van der Waals surface area contributed by atoms with E-state index in [9.17, 15) is 9.59 Å². The molecule has 122 valence electrons. The van der Waals surface area contributed by atoms with Crippen molar-refractivity contribution in [2.24, 2.45) is 0 Å². The number of urea groups is 1. The lowest BCUT2D eigenvalue weighted by Gasteiger charge is -2.30. The van der Waals surface area contributed by atoms with E-state index in [0.717, 1.165) is 30.7 Å². The minimum atomic E-state index is -1.06. The van der Waals surface area contributed by atoms with Gasteiger partial charge in [-0.15, -0.1) is 10.2 Å². The Morgan fingerprint density at radius 2 is 2.27 bits per heavy atom. The second kappa shape index (κ2) is 8.04. The first-order valence-electron chi connectivity index (χ1n) is 7.33. The number of carbonyl (C=O) groups is 2. The van der Waals surface area contributed by atoms with Crippen LogP contribution in [0.1, 0.15) is 31.2 Å². The van der Waals surface area contributed by atoms with Crippen LogP contribution in [0.5, 0.6) is 0 Å². The third kappa shape index (κ3) is 4.63. The van der Waals surface area contributed by atoms with Gasteiger partial charge in [-0.05, 0) is 6.42 Å². The zero-order valence-electron chi connectivity index (χ0n) is 12.4. The molecule has 2 heterocycles. The summed E-state index contributed by atoms with van der Waals surface area (Å²) in [7, 11) is 0. The molecular weight excluding hydrogens is 308 g/mol. The Morgan fingerprint density at radius 1 is 1.45 bits per heavy atom. The molecule has 1 aromatic rings. The third-order valence-electron chi connectivity index (χ3n) is 3.30. The third-order valence-corrected chi connectivity index (χ3v) is 4.20. The predicted molar refractivity (Wildman–Crippen MR) is 81.1 cm³/mol. The van der Waals surface area contributed by atoms with Crippen LogP contribution in [0.4, 0.5) is 9.93 Å². The van der Waals surface area contributed by atoms with E-state index in [1.54, 1.807) is 0 Å². The number of aliphatic carboxylic acids is 1. The van der Waals surface area contributed by atoms with Gasteiger partial charge < -0.3 is 14.7 Å². The Labute approximate surface area is 132 Å². The normalized spacial score (nSPS) is 18.2. The van der Waals surface area contributed by atoms with Crippen LogP contribution < -0.4 is 5.32 Å². The summed E-state index contributed by atoms with van der Waals surface area (Å²) < 4.78 is 5.08. The van der Waals surface area contributed by atoms with Gasteiger partial charge >= 0.3 is 12.0 Å². The van der Waals surface area contributed by atoms with Crippen LogP contribution in [-0.2, 0) is 16.0 Å². The average molecular weight is 328 g/mol. The zero-order chi connectivity index (χ0) is 15.9. The maximum Gasteiger partial charge on any atom is 0.334 e. The van der Waals surface area contributed by atoms with Gasteiger partial charge in [0.05, 0.1) is 13.2 Å². The number of nitrogens with one attached hydrogen (secondary N) is 1. The largest absolute Gasteiger partial charge is 0.479 e. The monoisotopic (exact) mass is 328 g/mol. The van der Waals surface area contributed by atoms with Crippen molar-refractivity contribution in [2.45, 2.75) is 38.7 Å². The van der Waals surface area contributed by atoms with E-state index in [1.807, 2.05) is 0 Å². The van der Waals surface area contributed by atoms with Crippen molar-refractivity contribution in [3.05, 3.63) is 5.01 Å². The molecule has 1 aromatic heterocycles. The zero-order valence-corrected chi connectivity index (χ0v) is 13.3. The highest BCUT2D eigenvalue weighted by Gasteiger charge is 2.29. The predicted octanol–water partition coefficient (Wildman–Crippen LogP) is 1.59. The molecule has 1 atom stereocenters. The number of rotatable bonds is 6. The molecule has 0 bridgehead atoms. The Bertz CT molecular complexity index is 522. The maximum atomic E-state index is 12.1. The summed E-state index contributed by atoms with van der Waals surface area (Å²) >= 11 is 1.35. The molecule has 0 aliphatic carbocycles. The van der Waals surface area contributed by atoms with E-state index in [4.69, 9.17) is 9.84 Å². The molecule has 0 aromatic carbocycles. The summed E-state index contributed by atoms with van der Waals surface area (Å²) in [6.45, 7) is 2.74. The van der Waals surface area contributed by atoms with E-state index >= 15 is 0 Å². The number of nitrogens with zero attached hydrogens (tertiary/aromatic N) is 3. The number of unbranched alkanes of at least 4 members (excludes halogenated alkanes) is 2. The van der Waals surface area contributed by atoms with Crippen LogP contribution in [-0.4, -0.2) is 58.0 Å². The van der Waals surface area contributed by atoms with Crippen molar-refractivity contribution < 1.29 is 19.4 Å². The summed E-state index contributed by atoms with van der Waals surface area (Å²) in [4.78, 5) is 24.4. The molecule has 1 fully saturated rings. The lowest BCUT2D eigenvalue weighted by molar-refractivity contribution is -0.154. The molecule has 1 aliphatic rings. The number of hydrogen-bond donors (Lipinski definition) is 2. The minimum absolute atomic E-state index is 0.0311. The van der Waals surface area contributed by atoms with E-state index in [0.29, 0.717) is 11.7 Å². The van der Waals surface area contributed by atoms with Gasteiger partial charge in [-0.2, -0.15) is 0 Å². The topological polar surface area (TPSA) is 105 Å². The van der Waals surface area contributed by atoms with Gasteiger partial charge in [0.1, 0.15) is 5.01 Å². The first-order valence-corrected chi connectivity index (χ1v) is 8.14. The second-order valence-electron chi connectivity index (χ2n) is 5.03. The molecule has 8 nitrogen and oxygen atoms in total. The second-order valence-corrected chi connectivity index (χ2v) is 6.09. The van der Waals surface area contributed by atoms with E-state index in [2.05, 4.69) is 22.4 Å². The molecule has 1 unspecified atom stereocenters. The van der Waals surface area contributed by atoms with Gasteiger partial charge in [0, 0.05) is 13.0 Å². The summed E-state index contributed by atoms with van der Waals surface area (Å²) in [5.74, 6) is -1.06. The molecule has 9 heteroatoms. The number of carboxylic acids is 1. The highest BCUT2D eigenvalue weighted by molar-refractivity contribution is 7.15. The quantitative estimate of drug-likeness (QED) is 0.768. The number of ether oxygens (including phenoxy) is 1. The van der Waals surface area contributed by atoms with Gasteiger partial charge in [0.2, 0.25) is 5.13 Å². The van der Waals surface area contributed by atoms with Crippen molar-refractivity contribution in [1.82, 2.24) is 15.1 Å². The van der Waals surface area contributed by atoms with Crippen molar-refractivity contribution >= 4 is 28.5 Å². The standard InChI is InChI=1S/C13H20N4O4S/c1-2-3-4-5-10-15-16-12(22-10)14-13(20)17-6-7-21-9(8-17)11(18)19/h9H,2-8H2,1H3,(H,18,19)(H,14,16,20). The SMILES string of the molecule is CCCCCc1nnc(NC(=O)N2CCOC(C(=O)O)C2)s1. The Morgan fingerprint density at radius 3 is 3.00 bits per heavy atom. The molecule has 0 saturated carbocycles. The van der Waals surface area contributed by atoms with Gasteiger partial charge in [-0.1, -0.05) is 31.1 Å². The molecule has 0 spiro atoms. The van der Waals surface area contributed by atoms with Crippen LogP contribution in [0.15, 0.2) is 0 Å². The van der Waals surface area contributed by atoms with Crippen LogP contribution in [0, 0.1) is 0 Å². The number of anilines is 1. The lowest BCUT2D eigenvalue weighted by atomic mass is 10.2. The highest BCUT2D eigenvalue weighted by Crippen LogP contribution is 2.18. The Kier molecular flexibility index (Phi) is 6.08. The smallest absolute Gasteiger partial charge is 0.334 e. The van der Waals surface area contributed by atoms with Crippen molar-refractivity contribution in [1.29, 1.82) is 0 Å². The summed E-state index contributed by atoms with van der Waals surface area (Å²) in [5, 5.41) is 20.9. The number of hydrogen-bond acceptors (Lipinski definition) is 6. The van der Waals surface area contributed by atoms with E-state index < -0.39 is 12.1 Å². The van der Waals surface area contributed by atoms with E-state index in [1.165, 1.54) is 16.2 Å². The van der Waals surface area contributed by atoms with Crippen molar-refractivity contribution in [2.75, 3.05) is 25.0 Å². The van der Waals surface area contributed by atoms with E-state index in [-0.39, 0.29) is 19.2 Å². The number of carbonyl (C=O) groups excluding carboxylic acids is 1. The number of aryl methyl sites for hydroxylation is 1. The van der Waals surface area contributed by atoms with Crippen LogP contribution >= 0.6 is 11.3 Å². The summed E-state index contributed by atoms with van der Waals surface area (Å²) in [6, 6.07) is -0.370. The van der Waals surface area contributed by atoms with Crippen molar-refractivity contribution in [3.8, 4) is 0 Å². The fourth-order valence-electron chi connectivity index (χ4n) is 2.09. The van der Waals surface area contributed by atoms with Gasteiger partial charge in [-0.3, -0.25) is 5.32 Å². The Balaban J connectivity index is 1.85. The molecule has 2 N–H and O–H groups in total. The molecule has 1 saturated heterocycles. The molecule has 1 aliphatic heterocycles. The molecule has 2 amide bonds. The fraction of sp³-hybridized carbons (Fsp3) is 0.692. The minimum Gasteiger partial charge on any atom is -0.479 e. The van der Waals surface area contributed by atoms with Gasteiger partial charge in [-0.25, -0.2) is 9.59 Å². The van der Waals surface area contributed by atoms with Crippen LogP contribution in [0.2, 0.25) is 0 Å². The van der Waals surface area contributed by atoms with Crippen molar-refractivity contribution in [3.63, 3.8) is 0 Å². The van der Waals surface area contributed by atoms with Crippen LogP contribution in [0.3, 0.4) is 0 Å². The number of morpholine rings is 1. The van der Waals surface area contributed by atoms with Gasteiger partial charge in [0.15, 0.2) is 6.10 Å². The number of aromatic nitrogens is 2. The molecule has 0 radical (unpaired) electrons. The molecule has 2 rings (SSSR count). The first kappa shape index (κ1) is 16.6. The lowest BCUT2D eigenvalue weighted by Crippen LogP contribution is -2.49.